The van der Waals surface area contributed by atoms with Crippen LogP contribution in [0.4, 0.5) is 0 Å². The third-order valence-corrected chi connectivity index (χ3v) is 4.73. The summed E-state index contributed by atoms with van der Waals surface area (Å²) in [5, 5.41) is 3.62. The highest BCUT2D eigenvalue weighted by atomic mass is 32.2. The molecule has 1 fully saturated rings. The first-order chi connectivity index (χ1) is 8.66. The van der Waals surface area contributed by atoms with Gasteiger partial charge in [0.2, 0.25) is 0 Å². The van der Waals surface area contributed by atoms with Crippen LogP contribution < -0.4 is 5.32 Å². The summed E-state index contributed by atoms with van der Waals surface area (Å²) in [6.07, 6.45) is 2.86. The molecule has 0 amide bonds. The molecule has 1 aromatic carbocycles. The predicted octanol–water partition coefficient (Wildman–Crippen LogP) is 4.29. The van der Waals surface area contributed by atoms with Crippen LogP contribution in [0.15, 0.2) is 29.2 Å². The molecule has 1 unspecified atom stereocenters. The zero-order valence-electron chi connectivity index (χ0n) is 11.8. The van der Waals surface area contributed by atoms with E-state index in [1.807, 2.05) is 11.8 Å². The third-order valence-electron chi connectivity index (χ3n) is 3.71. The highest BCUT2D eigenvalue weighted by Crippen LogP contribution is 2.32. The Morgan fingerprint density at radius 2 is 1.83 bits per heavy atom. The summed E-state index contributed by atoms with van der Waals surface area (Å²) >= 11 is 1.95. The Balaban J connectivity index is 1.66. The molecule has 0 saturated heterocycles. The van der Waals surface area contributed by atoms with E-state index in [1.54, 1.807) is 0 Å². The van der Waals surface area contributed by atoms with Gasteiger partial charge in [0.1, 0.15) is 0 Å². The second-order valence-corrected chi connectivity index (χ2v) is 6.82. The third kappa shape index (κ3) is 4.33. The lowest BCUT2D eigenvalue weighted by atomic mass is 10.0. The highest BCUT2D eigenvalue weighted by molar-refractivity contribution is 7.99. The minimum absolute atomic E-state index is 0.630. The van der Waals surface area contributed by atoms with E-state index >= 15 is 0 Å². The van der Waals surface area contributed by atoms with Crippen LogP contribution in [0.5, 0.6) is 0 Å². The molecule has 2 heteroatoms. The Kier molecular flexibility index (Phi) is 5.13. The number of benzene rings is 1. The number of hydrogen-bond acceptors (Lipinski definition) is 2. The van der Waals surface area contributed by atoms with E-state index in [1.165, 1.54) is 23.3 Å². The van der Waals surface area contributed by atoms with E-state index in [0.717, 1.165) is 18.2 Å². The molecule has 2 rings (SSSR count). The van der Waals surface area contributed by atoms with Crippen LogP contribution in [0.3, 0.4) is 0 Å². The van der Waals surface area contributed by atoms with Gasteiger partial charge in [0.25, 0.3) is 0 Å². The average Bonchev–Trinajstić information content (AvgIpc) is 3.19. The standard InChI is InChI=1S/C16H25NS/c1-12(2)14-6-8-16(9-7-14)18-11-10-17-13(3)15-4-5-15/h6-9,12-13,15,17H,4-5,10-11H2,1-3H3. The van der Waals surface area contributed by atoms with Crippen molar-refractivity contribution in [3.8, 4) is 0 Å². The summed E-state index contributed by atoms with van der Waals surface area (Å²) in [6, 6.07) is 9.74. The topological polar surface area (TPSA) is 12.0 Å². The van der Waals surface area contributed by atoms with Crippen molar-refractivity contribution >= 4 is 11.8 Å². The van der Waals surface area contributed by atoms with Crippen LogP contribution in [-0.2, 0) is 0 Å². The van der Waals surface area contributed by atoms with Gasteiger partial charge < -0.3 is 5.32 Å². The van der Waals surface area contributed by atoms with Crippen molar-refractivity contribution in [3.05, 3.63) is 29.8 Å². The van der Waals surface area contributed by atoms with Gasteiger partial charge in [-0.05, 0) is 49.3 Å². The van der Waals surface area contributed by atoms with Gasteiger partial charge in [-0.3, -0.25) is 0 Å². The van der Waals surface area contributed by atoms with Gasteiger partial charge >= 0.3 is 0 Å². The van der Waals surface area contributed by atoms with Crippen LogP contribution in [0.25, 0.3) is 0 Å². The maximum Gasteiger partial charge on any atom is 0.0106 e. The summed E-state index contributed by atoms with van der Waals surface area (Å²) in [5.41, 5.74) is 1.43. The zero-order valence-corrected chi connectivity index (χ0v) is 12.6. The van der Waals surface area contributed by atoms with E-state index in [4.69, 9.17) is 0 Å². The molecule has 1 nitrogen and oxygen atoms in total. The summed E-state index contributed by atoms with van der Waals surface area (Å²) in [5.74, 6) is 2.75. The zero-order chi connectivity index (χ0) is 13.0. The van der Waals surface area contributed by atoms with Crippen molar-refractivity contribution < 1.29 is 0 Å². The lowest BCUT2D eigenvalue weighted by molar-refractivity contribution is 0.514. The van der Waals surface area contributed by atoms with Crippen LogP contribution in [0, 0.1) is 5.92 Å². The molecule has 1 saturated carbocycles. The van der Waals surface area contributed by atoms with Crippen LogP contribution in [0.2, 0.25) is 0 Å². The molecule has 0 heterocycles. The monoisotopic (exact) mass is 263 g/mol. The van der Waals surface area contributed by atoms with Crippen LogP contribution in [-0.4, -0.2) is 18.3 Å². The largest absolute Gasteiger partial charge is 0.313 e. The van der Waals surface area contributed by atoms with Gasteiger partial charge in [0.05, 0.1) is 0 Å². The SMILES string of the molecule is CC(C)c1ccc(SCCNC(C)C2CC2)cc1. The molecule has 18 heavy (non-hydrogen) atoms. The molecule has 1 aromatic rings. The molecule has 0 radical (unpaired) electrons. The first kappa shape index (κ1) is 14.0. The molecular formula is C16H25NS. The van der Waals surface area contributed by atoms with Crippen molar-refractivity contribution in [1.82, 2.24) is 5.32 Å². The Morgan fingerprint density at radius 3 is 2.39 bits per heavy atom. The van der Waals surface area contributed by atoms with Crippen LogP contribution in [0.1, 0.15) is 45.1 Å². The summed E-state index contributed by atoms with van der Waals surface area (Å²) < 4.78 is 0. The van der Waals surface area contributed by atoms with E-state index in [2.05, 4.69) is 50.4 Å². The van der Waals surface area contributed by atoms with Crippen molar-refractivity contribution in [2.24, 2.45) is 5.92 Å². The maximum absolute atomic E-state index is 3.62. The van der Waals surface area contributed by atoms with Crippen molar-refractivity contribution in [3.63, 3.8) is 0 Å². The van der Waals surface area contributed by atoms with Gasteiger partial charge in [-0.25, -0.2) is 0 Å². The minimum atomic E-state index is 0.630. The average molecular weight is 263 g/mol. The smallest absolute Gasteiger partial charge is 0.0106 e. The second-order valence-electron chi connectivity index (χ2n) is 5.65. The van der Waals surface area contributed by atoms with Gasteiger partial charge in [0, 0.05) is 23.2 Å². The quantitative estimate of drug-likeness (QED) is 0.582. The molecule has 100 valence electrons. The lowest BCUT2D eigenvalue weighted by Gasteiger charge is -2.12. The molecule has 1 atom stereocenters. The summed E-state index contributed by atoms with van der Waals surface area (Å²) in [6.45, 7) is 7.92. The fraction of sp³-hybridized carbons (Fsp3) is 0.625. The second kappa shape index (κ2) is 6.63. The Morgan fingerprint density at radius 1 is 1.17 bits per heavy atom. The van der Waals surface area contributed by atoms with Crippen molar-refractivity contribution in [2.45, 2.75) is 50.5 Å². The van der Waals surface area contributed by atoms with E-state index in [9.17, 15) is 0 Å². The number of hydrogen-bond donors (Lipinski definition) is 1. The van der Waals surface area contributed by atoms with Crippen molar-refractivity contribution in [2.75, 3.05) is 12.3 Å². The molecule has 0 bridgehead atoms. The highest BCUT2D eigenvalue weighted by Gasteiger charge is 2.27. The Labute approximate surface area is 116 Å². The maximum atomic E-state index is 3.62. The summed E-state index contributed by atoms with van der Waals surface area (Å²) in [4.78, 5) is 1.39. The normalized spacial score (nSPS) is 17.1. The molecule has 0 spiro atoms. The number of rotatable bonds is 7. The Hall–Kier alpha value is -0.470. The fourth-order valence-electron chi connectivity index (χ4n) is 2.17. The molecular weight excluding hydrogens is 238 g/mol. The summed E-state index contributed by atoms with van der Waals surface area (Å²) in [7, 11) is 0. The molecule has 0 aliphatic heterocycles. The van der Waals surface area contributed by atoms with Crippen molar-refractivity contribution in [1.29, 1.82) is 0 Å². The first-order valence-electron chi connectivity index (χ1n) is 7.13. The lowest BCUT2D eigenvalue weighted by Crippen LogP contribution is -2.29. The van der Waals surface area contributed by atoms with E-state index in [0.29, 0.717) is 12.0 Å². The van der Waals surface area contributed by atoms with Crippen LogP contribution >= 0.6 is 11.8 Å². The Bertz CT molecular complexity index is 354. The van der Waals surface area contributed by atoms with Gasteiger partial charge in [-0.15, -0.1) is 11.8 Å². The van der Waals surface area contributed by atoms with E-state index < -0.39 is 0 Å². The minimum Gasteiger partial charge on any atom is -0.313 e. The van der Waals surface area contributed by atoms with Gasteiger partial charge in [0.15, 0.2) is 0 Å². The molecule has 1 aliphatic rings. The molecule has 1 N–H and O–H groups in total. The van der Waals surface area contributed by atoms with Gasteiger partial charge in [-0.1, -0.05) is 26.0 Å². The van der Waals surface area contributed by atoms with Gasteiger partial charge in [-0.2, -0.15) is 0 Å². The molecule has 0 aromatic heterocycles. The van der Waals surface area contributed by atoms with E-state index in [-0.39, 0.29) is 0 Å². The molecule has 1 aliphatic carbocycles. The first-order valence-corrected chi connectivity index (χ1v) is 8.11. The number of thioether (sulfide) groups is 1. The predicted molar refractivity (Wildman–Crippen MR) is 81.4 cm³/mol. The fourth-order valence-corrected chi connectivity index (χ4v) is 2.95. The number of nitrogens with one attached hydrogen (secondary N) is 1.